The zero-order valence-electron chi connectivity index (χ0n) is 7.37. The molecule has 0 bridgehead atoms. The summed E-state index contributed by atoms with van der Waals surface area (Å²) in [6.45, 7) is 0. The van der Waals surface area contributed by atoms with Crippen LogP contribution in [0.25, 0.3) is 0 Å². The van der Waals surface area contributed by atoms with Crippen LogP contribution in [-0.2, 0) is 9.59 Å². The number of carboxylic acid groups (broad SMARTS) is 1. The van der Waals surface area contributed by atoms with Crippen molar-refractivity contribution < 1.29 is 14.7 Å². The Hall–Kier alpha value is -0.590. The third-order valence-corrected chi connectivity index (χ3v) is 4.24. The Morgan fingerprint density at radius 2 is 2.47 bits per heavy atom. The van der Waals surface area contributed by atoms with Crippen LogP contribution in [0.1, 0.15) is 17.3 Å². The topological polar surface area (TPSA) is 66.4 Å². The lowest BCUT2D eigenvalue weighted by Gasteiger charge is -2.10. The van der Waals surface area contributed by atoms with Crippen LogP contribution in [0.2, 0.25) is 4.34 Å². The smallest absolute Gasteiger partial charge is 0.305 e. The van der Waals surface area contributed by atoms with E-state index in [1.165, 1.54) is 11.3 Å². The minimum atomic E-state index is -0.977. The number of hydrogen-bond acceptors (Lipinski definition) is 3. The highest BCUT2D eigenvalue weighted by molar-refractivity contribution is 9.10. The van der Waals surface area contributed by atoms with Gasteiger partial charge in [-0.2, -0.15) is 0 Å². The second-order valence-electron chi connectivity index (χ2n) is 2.71. The van der Waals surface area contributed by atoms with Gasteiger partial charge in [0.25, 0.3) is 0 Å². The van der Waals surface area contributed by atoms with Gasteiger partial charge in [0.1, 0.15) is 4.34 Å². The molecule has 1 heterocycles. The second kappa shape index (κ2) is 5.48. The molecule has 4 nitrogen and oxygen atoms in total. The Labute approximate surface area is 103 Å². The molecule has 0 spiro atoms. The van der Waals surface area contributed by atoms with Crippen LogP contribution in [0.15, 0.2) is 10.5 Å². The Bertz CT molecular complexity index is 362. The maximum Gasteiger partial charge on any atom is 0.305 e. The van der Waals surface area contributed by atoms with Gasteiger partial charge in [-0.05, 0) is 22.0 Å². The molecule has 0 saturated heterocycles. The van der Waals surface area contributed by atoms with Crippen molar-refractivity contribution in [3.8, 4) is 0 Å². The van der Waals surface area contributed by atoms with E-state index in [2.05, 4.69) is 21.2 Å². The average molecular weight is 313 g/mol. The Kier molecular flexibility index (Phi) is 4.56. The third-order valence-electron chi connectivity index (χ3n) is 1.66. The normalized spacial score (nSPS) is 12.1. The molecule has 1 unspecified atom stereocenters. The molecular formula is C8H7BrClNO3S. The van der Waals surface area contributed by atoms with E-state index in [1.807, 2.05) is 0 Å². The molecule has 7 heteroatoms. The maximum absolute atomic E-state index is 10.6. The molecule has 0 aliphatic heterocycles. The fourth-order valence-corrected chi connectivity index (χ4v) is 2.83. The van der Waals surface area contributed by atoms with Crippen LogP contribution in [-0.4, -0.2) is 17.5 Å². The van der Waals surface area contributed by atoms with Gasteiger partial charge in [-0.15, -0.1) is 11.3 Å². The average Bonchev–Trinajstić information content (AvgIpc) is 2.46. The molecule has 0 aliphatic rings. The molecule has 82 valence electrons. The van der Waals surface area contributed by atoms with Crippen molar-refractivity contribution in [2.24, 2.45) is 0 Å². The van der Waals surface area contributed by atoms with Gasteiger partial charge in [-0.25, -0.2) is 0 Å². The van der Waals surface area contributed by atoms with E-state index in [4.69, 9.17) is 16.7 Å². The number of carboxylic acids is 1. The van der Waals surface area contributed by atoms with Gasteiger partial charge in [-0.3, -0.25) is 9.59 Å². The summed E-state index contributed by atoms with van der Waals surface area (Å²) in [5.41, 5.74) is 0. The number of aliphatic carboxylic acids is 1. The van der Waals surface area contributed by atoms with Gasteiger partial charge >= 0.3 is 5.97 Å². The zero-order valence-corrected chi connectivity index (χ0v) is 10.5. The second-order valence-corrected chi connectivity index (χ2v) is 5.25. The molecule has 1 atom stereocenters. The van der Waals surface area contributed by atoms with Gasteiger partial charge in [-0.1, -0.05) is 11.6 Å². The highest BCUT2D eigenvalue weighted by atomic mass is 79.9. The predicted octanol–water partition coefficient (Wildman–Crippen LogP) is 2.43. The molecule has 0 fully saturated rings. The number of carbonyl (C=O) groups excluding carboxylic acids is 1. The number of carbonyl (C=O) groups is 2. The monoisotopic (exact) mass is 311 g/mol. The number of rotatable bonds is 5. The Morgan fingerprint density at radius 1 is 1.80 bits per heavy atom. The number of halogens is 2. The molecule has 1 amide bonds. The van der Waals surface area contributed by atoms with Gasteiger partial charge in [0, 0.05) is 9.35 Å². The SMILES string of the molecule is O=CNC(CC(=O)O)c1cc(Br)c(Cl)s1. The Morgan fingerprint density at radius 3 is 2.87 bits per heavy atom. The van der Waals surface area contributed by atoms with Gasteiger partial charge in [0.15, 0.2) is 0 Å². The lowest BCUT2D eigenvalue weighted by Crippen LogP contribution is -2.21. The summed E-state index contributed by atoms with van der Waals surface area (Å²) in [6, 6.07) is 1.17. The number of nitrogens with one attached hydrogen (secondary N) is 1. The van der Waals surface area contributed by atoms with Crippen molar-refractivity contribution in [2.75, 3.05) is 0 Å². The summed E-state index contributed by atoms with van der Waals surface area (Å²) in [6.07, 6.45) is 0.317. The van der Waals surface area contributed by atoms with Crippen LogP contribution >= 0.6 is 38.9 Å². The quantitative estimate of drug-likeness (QED) is 0.821. The molecule has 2 N–H and O–H groups in total. The lowest BCUT2D eigenvalue weighted by molar-refractivity contribution is -0.137. The first kappa shape index (κ1) is 12.5. The number of thiophene rings is 1. The highest BCUT2D eigenvalue weighted by Crippen LogP contribution is 2.35. The van der Waals surface area contributed by atoms with Crippen molar-refractivity contribution in [2.45, 2.75) is 12.5 Å². The van der Waals surface area contributed by atoms with Crippen LogP contribution in [0.3, 0.4) is 0 Å². The van der Waals surface area contributed by atoms with E-state index in [0.29, 0.717) is 20.1 Å². The molecule has 0 aliphatic carbocycles. The van der Waals surface area contributed by atoms with Gasteiger partial charge in [0.2, 0.25) is 6.41 Å². The van der Waals surface area contributed by atoms with Gasteiger partial charge < -0.3 is 10.4 Å². The summed E-state index contributed by atoms with van der Waals surface area (Å²) in [5.74, 6) is -0.977. The molecule has 0 saturated carbocycles. The van der Waals surface area contributed by atoms with E-state index in [1.54, 1.807) is 6.07 Å². The van der Waals surface area contributed by atoms with E-state index in [0.717, 1.165) is 0 Å². The van der Waals surface area contributed by atoms with Crippen LogP contribution in [0.5, 0.6) is 0 Å². The standard InChI is InChI=1S/C8H7BrClNO3S/c9-4-1-6(15-8(4)10)5(11-3-12)2-7(13)14/h1,3,5H,2H2,(H,11,12)(H,13,14). The van der Waals surface area contributed by atoms with E-state index >= 15 is 0 Å². The van der Waals surface area contributed by atoms with E-state index in [9.17, 15) is 9.59 Å². The summed E-state index contributed by atoms with van der Waals surface area (Å²) >= 11 is 10.3. The number of amides is 1. The first-order chi connectivity index (χ1) is 7.04. The third kappa shape index (κ3) is 3.48. The molecule has 1 aromatic heterocycles. The first-order valence-corrected chi connectivity index (χ1v) is 5.89. The minimum Gasteiger partial charge on any atom is -0.481 e. The van der Waals surface area contributed by atoms with Crippen molar-refractivity contribution in [3.05, 3.63) is 19.8 Å². The Balaban J connectivity index is 2.87. The van der Waals surface area contributed by atoms with Crippen molar-refractivity contribution >= 4 is 51.2 Å². The summed E-state index contributed by atoms with van der Waals surface area (Å²) in [4.78, 5) is 21.6. The fourth-order valence-electron chi connectivity index (χ4n) is 1.03. The molecule has 0 radical (unpaired) electrons. The molecule has 1 rings (SSSR count). The lowest BCUT2D eigenvalue weighted by atomic mass is 10.2. The first-order valence-electron chi connectivity index (χ1n) is 3.90. The van der Waals surface area contributed by atoms with Crippen molar-refractivity contribution in [1.82, 2.24) is 5.32 Å². The predicted molar refractivity (Wildman–Crippen MR) is 61.2 cm³/mol. The van der Waals surface area contributed by atoms with E-state index in [-0.39, 0.29) is 6.42 Å². The van der Waals surface area contributed by atoms with Crippen molar-refractivity contribution in [1.29, 1.82) is 0 Å². The molecule has 0 aromatic carbocycles. The van der Waals surface area contributed by atoms with Crippen LogP contribution < -0.4 is 5.32 Å². The van der Waals surface area contributed by atoms with Gasteiger partial charge in [0.05, 0.1) is 12.5 Å². The van der Waals surface area contributed by atoms with Crippen LogP contribution in [0.4, 0.5) is 0 Å². The summed E-state index contributed by atoms with van der Waals surface area (Å²) in [7, 11) is 0. The zero-order chi connectivity index (χ0) is 11.4. The summed E-state index contributed by atoms with van der Waals surface area (Å²) in [5, 5.41) is 11.1. The largest absolute Gasteiger partial charge is 0.481 e. The molecule has 15 heavy (non-hydrogen) atoms. The number of hydrogen-bond donors (Lipinski definition) is 2. The maximum atomic E-state index is 10.6. The molecular weight excluding hydrogens is 306 g/mol. The van der Waals surface area contributed by atoms with Crippen LogP contribution in [0, 0.1) is 0 Å². The van der Waals surface area contributed by atoms with E-state index < -0.39 is 12.0 Å². The highest BCUT2D eigenvalue weighted by Gasteiger charge is 2.18. The summed E-state index contributed by atoms with van der Waals surface area (Å²) < 4.78 is 1.24. The van der Waals surface area contributed by atoms with Crippen molar-refractivity contribution in [3.63, 3.8) is 0 Å². The fraction of sp³-hybridized carbons (Fsp3) is 0.250. The minimum absolute atomic E-state index is 0.165. The molecule has 1 aromatic rings.